The molecule has 3 aromatic rings. The number of nitrogens with two attached hydrogens (primary N) is 1. The molecule has 0 saturated heterocycles. The summed E-state index contributed by atoms with van der Waals surface area (Å²) in [7, 11) is 0. The maximum atomic E-state index is 12.4. The third-order valence-electron chi connectivity index (χ3n) is 4.20. The Balaban J connectivity index is 2.04. The maximum Gasteiger partial charge on any atom is 0.355 e. The second kappa shape index (κ2) is 8.12. The van der Waals surface area contributed by atoms with Crippen LogP contribution >= 0.6 is 23.2 Å². The van der Waals surface area contributed by atoms with Crippen molar-refractivity contribution in [1.82, 2.24) is 4.98 Å². The van der Waals surface area contributed by atoms with Crippen molar-refractivity contribution in [3.05, 3.63) is 75.2 Å². The van der Waals surface area contributed by atoms with Crippen LogP contribution in [0.1, 0.15) is 34.1 Å². The highest BCUT2D eigenvalue weighted by Crippen LogP contribution is 2.34. The lowest BCUT2D eigenvalue weighted by Crippen LogP contribution is -2.08. The van der Waals surface area contributed by atoms with Gasteiger partial charge in [-0.15, -0.1) is 0 Å². The summed E-state index contributed by atoms with van der Waals surface area (Å²) in [5.41, 5.74) is 9.77. The molecule has 6 heteroatoms. The topological polar surface area (TPSA) is 68.1 Å². The van der Waals surface area contributed by atoms with Gasteiger partial charge >= 0.3 is 5.97 Å². The number of carbonyl (C=O) groups excluding carboxylic acids is 1. The number of nitrogens with one attached hydrogen (secondary N) is 1. The first kappa shape index (κ1) is 18.8. The van der Waals surface area contributed by atoms with Crippen LogP contribution in [0.5, 0.6) is 0 Å². The van der Waals surface area contributed by atoms with Crippen LogP contribution in [-0.2, 0) is 17.7 Å². The largest absolute Gasteiger partial charge is 0.461 e. The number of fused-ring (bicyclic) bond motifs is 1. The first-order valence-corrected chi connectivity index (χ1v) is 9.08. The Hall–Kier alpha value is -2.01. The number of hydrogen-bond acceptors (Lipinski definition) is 3. The Bertz CT molecular complexity index is 950. The Morgan fingerprint density at radius 1 is 1.27 bits per heavy atom. The normalized spacial score (nSPS) is 11.1. The van der Waals surface area contributed by atoms with Gasteiger partial charge in [0, 0.05) is 22.5 Å². The predicted octanol–water partition coefficient (Wildman–Crippen LogP) is 4.91. The number of benzene rings is 2. The zero-order valence-electron chi connectivity index (χ0n) is 14.3. The average Bonchev–Trinajstić information content (AvgIpc) is 2.99. The van der Waals surface area contributed by atoms with Crippen LogP contribution < -0.4 is 5.73 Å². The Morgan fingerprint density at radius 3 is 2.77 bits per heavy atom. The van der Waals surface area contributed by atoms with Gasteiger partial charge in [0.15, 0.2) is 0 Å². The van der Waals surface area contributed by atoms with Crippen molar-refractivity contribution < 1.29 is 9.53 Å². The summed E-state index contributed by atoms with van der Waals surface area (Å²) in [5, 5.41) is 1.78. The zero-order chi connectivity index (χ0) is 18.7. The van der Waals surface area contributed by atoms with Gasteiger partial charge in [-0.3, -0.25) is 0 Å². The molecule has 0 aliphatic rings. The molecule has 0 aliphatic heterocycles. The highest BCUT2D eigenvalue weighted by molar-refractivity contribution is 6.39. The molecule has 135 valence electrons. The van der Waals surface area contributed by atoms with Crippen molar-refractivity contribution in [3.8, 4) is 0 Å². The third kappa shape index (κ3) is 3.73. The van der Waals surface area contributed by atoms with Crippen molar-refractivity contribution in [2.24, 2.45) is 5.73 Å². The molecule has 2 aromatic carbocycles. The number of hydrogen-bond donors (Lipinski definition) is 2. The minimum Gasteiger partial charge on any atom is -0.461 e. The van der Waals surface area contributed by atoms with Crippen LogP contribution in [0, 0.1) is 6.42 Å². The number of H-pyrrole nitrogens is 1. The molecule has 26 heavy (non-hydrogen) atoms. The Kier molecular flexibility index (Phi) is 5.87. The molecule has 0 unspecified atom stereocenters. The van der Waals surface area contributed by atoms with Crippen LogP contribution in [0.25, 0.3) is 10.9 Å². The second-order valence-corrected chi connectivity index (χ2v) is 6.66. The van der Waals surface area contributed by atoms with Crippen LogP contribution in [0.15, 0.2) is 36.4 Å². The van der Waals surface area contributed by atoms with E-state index in [9.17, 15) is 4.79 Å². The lowest BCUT2D eigenvalue weighted by Gasteiger charge is -2.09. The van der Waals surface area contributed by atoms with E-state index in [4.69, 9.17) is 33.7 Å². The fraction of sp³-hybridized carbons (Fsp3) is 0.200. The molecule has 0 fully saturated rings. The summed E-state index contributed by atoms with van der Waals surface area (Å²) in [6.45, 7) is 2.51. The van der Waals surface area contributed by atoms with E-state index in [2.05, 4.69) is 4.98 Å². The first-order valence-electron chi connectivity index (χ1n) is 8.33. The molecular weight excluding hydrogens is 371 g/mol. The second-order valence-electron chi connectivity index (χ2n) is 5.82. The molecule has 1 aromatic heterocycles. The SMILES string of the molecule is CCOC(=O)c1[nH]c2cc(Cl)cc(Cl)c2c1C[CH]c1ccccc1CN. The molecule has 0 saturated carbocycles. The van der Waals surface area contributed by atoms with Crippen molar-refractivity contribution in [3.63, 3.8) is 0 Å². The van der Waals surface area contributed by atoms with Gasteiger partial charge in [0.25, 0.3) is 0 Å². The van der Waals surface area contributed by atoms with Gasteiger partial charge in [0.2, 0.25) is 0 Å². The third-order valence-corrected chi connectivity index (χ3v) is 4.72. The lowest BCUT2D eigenvalue weighted by atomic mass is 9.98. The lowest BCUT2D eigenvalue weighted by molar-refractivity contribution is 0.0519. The smallest absolute Gasteiger partial charge is 0.355 e. The number of carbonyl (C=O) groups is 1. The number of ether oxygens (including phenoxy) is 1. The van der Waals surface area contributed by atoms with E-state index in [1.54, 1.807) is 19.1 Å². The van der Waals surface area contributed by atoms with E-state index in [-0.39, 0.29) is 0 Å². The van der Waals surface area contributed by atoms with Gasteiger partial charge in [-0.05, 0) is 48.6 Å². The summed E-state index contributed by atoms with van der Waals surface area (Å²) >= 11 is 12.5. The molecule has 1 heterocycles. The van der Waals surface area contributed by atoms with E-state index < -0.39 is 5.97 Å². The summed E-state index contributed by atoms with van der Waals surface area (Å²) < 4.78 is 5.19. The minimum atomic E-state index is -0.411. The number of esters is 1. The summed E-state index contributed by atoms with van der Waals surface area (Å²) in [6, 6.07) is 11.3. The van der Waals surface area contributed by atoms with Crippen LogP contribution in [0.4, 0.5) is 0 Å². The standard InChI is InChI=1S/C20H19Cl2N2O2/c1-2-26-20(25)19-15(8-7-12-5-3-4-6-13(12)11-23)18-16(22)9-14(21)10-17(18)24-19/h3-7,9-10,24H,2,8,11,23H2,1H3. The monoisotopic (exact) mass is 389 g/mol. The molecule has 0 spiro atoms. The van der Waals surface area contributed by atoms with Gasteiger partial charge in [-0.25, -0.2) is 4.79 Å². The number of halogens is 2. The molecule has 0 atom stereocenters. The summed E-state index contributed by atoms with van der Waals surface area (Å²) in [4.78, 5) is 15.5. The fourth-order valence-electron chi connectivity index (χ4n) is 3.03. The van der Waals surface area contributed by atoms with Gasteiger partial charge in [-0.1, -0.05) is 47.5 Å². The summed E-state index contributed by atoms with van der Waals surface area (Å²) in [5.74, 6) is -0.411. The molecule has 3 rings (SSSR count). The van der Waals surface area contributed by atoms with Gasteiger partial charge < -0.3 is 15.5 Å². The zero-order valence-corrected chi connectivity index (χ0v) is 15.8. The van der Waals surface area contributed by atoms with E-state index in [0.717, 1.165) is 22.1 Å². The van der Waals surface area contributed by atoms with E-state index in [1.807, 2.05) is 30.7 Å². The van der Waals surface area contributed by atoms with Crippen molar-refractivity contribution in [1.29, 1.82) is 0 Å². The fourth-order valence-corrected chi connectivity index (χ4v) is 3.63. The highest BCUT2D eigenvalue weighted by Gasteiger charge is 2.21. The van der Waals surface area contributed by atoms with Crippen LogP contribution in [0.2, 0.25) is 10.0 Å². The van der Waals surface area contributed by atoms with Crippen LogP contribution in [0.3, 0.4) is 0 Å². The van der Waals surface area contributed by atoms with Gasteiger partial charge in [-0.2, -0.15) is 0 Å². The van der Waals surface area contributed by atoms with Gasteiger partial charge in [0.1, 0.15) is 5.69 Å². The number of aromatic nitrogens is 1. The van der Waals surface area contributed by atoms with E-state index in [1.165, 1.54) is 0 Å². The Morgan fingerprint density at radius 2 is 2.04 bits per heavy atom. The Labute approximate surface area is 162 Å². The number of aromatic amines is 1. The quantitative estimate of drug-likeness (QED) is 0.588. The predicted molar refractivity (Wildman–Crippen MR) is 106 cm³/mol. The minimum absolute atomic E-state index is 0.294. The maximum absolute atomic E-state index is 12.4. The van der Waals surface area contributed by atoms with E-state index in [0.29, 0.717) is 40.8 Å². The molecule has 3 N–H and O–H groups in total. The van der Waals surface area contributed by atoms with Crippen molar-refractivity contribution in [2.45, 2.75) is 19.9 Å². The molecule has 1 radical (unpaired) electrons. The number of rotatable bonds is 6. The van der Waals surface area contributed by atoms with Crippen molar-refractivity contribution in [2.75, 3.05) is 6.61 Å². The first-order chi connectivity index (χ1) is 12.5. The van der Waals surface area contributed by atoms with E-state index >= 15 is 0 Å². The highest BCUT2D eigenvalue weighted by atomic mass is 35.5. The summed E-state index contributed by atoms with van der Waals surface area (Å²) in [6.07, 6.45) is 2.55. The molecule has 4 nitrogen and oxygen atoms in total. The van der Waals surface area contributed by atoms with Crippen LogP contribution in [-0.4, -0.2) is 17.6 Å². The molecule has 0 bridgehead atoms. The van der Waals surface area contributed by atoms with Crippen molar-refractivity contribution >= 4 is 40.1 Å². The van der Waals surface area contributed by atoms with Gasteiger partial charge in [0.05, 0.1) is 11.6 Å². The molecule has 0 amide bonds. The average molecular weight is 390 g/mol. The molecule has 0 aliphatic carbocycles. The molecular formula is C20H19Cl2N2O2.